The molecule has 2 fully saturated rings. The van der Waals surface area contributed by atoms with Gasteiger partial charge in [0.05, 0.1) is 18.3 Å². The van der Waals surface area contributed by atoms with Crippen molar-refractivity contribution in [3.8, 4) is 0 Å². The molecule has 0 radical (unpaired) electrons. The van der Waals surface area contributed by atoms with Gasteiger partial charge in [-0.1, -0.05) is 60.7 Å². The Kier molecular flexibility index (Phi) is 5.31. The number of nitrogens with zero attached hydrogens (tertiary/aromatic N) is 3. The molecule has 7 nitrogen and oxygen atoms in total. The van der Waals surface area contributed by atoms with Gasteiger partial charge in [0.2, 0.25) is 0 Å². The van der Waals surface area contributed by atoms with Gasteiger partial charge in [-0.2, -0.15) is 5.10 Å². The third-order valence-electron chi connectivity index (χ3n) is 6.27. The third-order valence-corrected chi connectivity index (χ3v) is 6.27. The lowest BCUT2D eigenvalue weighted by Gasteiger charge is -2.30. The van der Waals surface area contributed by atoms with E-state index in [0.717, 1.165) is 46.6 Å². The van der Waals surface area contributed by atoms with Gasteiger partial charge < -0.3 is 5.32 Å². The fourth-order valence-electron chi connectivity index (χ4n) is 4.76. The molecule has 0 spiro atoms. The highest BCUT2D eigenvalue weighted by molar-refractivity contribution is 6.09. The van der Waals surface area contributed by atoms with E-state index in [9.17, 15) is 14.4 Å². The normalized spacial score (nSPS) is 23.9. The fraction of sp³-hybridized carbons (Fsp3) is 0.280. The molecule has 1 saturated heterocycles. The van der Waals surface area contributed by atoms with E-state index in [1.54, 1.807) is 0 Å². The van der Waals surface area contributed by atoms with Crippen molar-refractivity contribution in [2.75, 3.05) is 13.1 Å². The first-order valence-electron chi connectivity index (χ1n) is 10.9. The number of nitrogens with one attached hydrogen (secondary N) is 1. The van der Waals surface area contributed by atoms with E-state index in [2.05, 4.69) is 23.5 Å². The highest BCUT2D eigenvalue weighted by Gasteiger charge is 2.44. The van der Waals surface area contributed by atoms with Gasteiger partial charge >= 0.3 is 6.03 Å². The van der Waals surface area contributed by atoms with E-state index in [1.807, 2.05) is 48.5 Å². The van der Waals surface area contributed by atoms with Crippen LogP contribution in [-0.2, 0) is 9.59 Å². The van der Waals surface area contributed by atoms with Crippen molar-refractivity contribution in [3.63, 3.8) is 0 Å². The quantitative estimate of drug-likeness (QED) is 0.758. The number of hydrogen-bond donors (Lipinski definition) is 1. The second-order valence-corrected chi connectivity index (χ2v) is 8.30. The van der Waals surface area contributed by atoms with Crippen molar-refractivity contribution in [3.05, 3.63) is 77.4 Å². The molecule has 1 aliphatic carbocycles. The topological polar surface area (TPSA) is 82.1 Å². The van der Waals surface area contributed by atoms with Gasteiger partial charge in [0, 0.05) is 5.92 Å². The molecule has 2 unspecified atom stereocenters. The lowest BCUT2D eigenvalue weighted by Crippen LogP contribution is -2.42. The summed E-state index contributed by atoms with van der Waals surface area (Å²) in [5.41, 5.74) is 4.17. The average Bonchev–Trinajstić information content (AvgIpc) is 3.36. The van der Waals surface area contributed by atoms with Crippen LogP contribution in [0.1, 0.15) is 36.4 Å². The van der Waals surface area contributed by atoms with E-state index in [1.165, 1.54) is 5.01 Å². The van der Waals surface area contributed by atoms with Crippen LogP contribution in [0.3, 0.4) is 0 Å². The molecule has 3 aliphatic rings. The Bertz CT molecular complexity index is 1090. The molecule has 2 atom stereocenters. The van der Waals surface area contributed by atoms with Gasteiger partial charge in [0.15, 0.2) is 0 Å². The summed E-state index contributed by atoms with van der Waals surface area (Å²) in [4.78, 5) is 38.3. The number of carbonyl (C=O) groups is 3. The number of hydrogen-bond acceptors (Lipinski definition) is 4. The number of rotatable bonds is 4. The van der Waals surface area contributed by atoms with E-state index in [0.29, 0.717) is 0 Å². The summed E-state index contributed by atoms with van der Waals surface area (Å²) in [5.74, 6) is -0.674. The van der Waals surface area contributed by atoms with Gasteiger partial charge in [0.25, 0.3) is 11.8 Å². The van der Waals surface area contributed by atoms with Crippen LogP contribution < -0.4 is 5.32 Å². The molecule has 2 aliphatic heterocycles. The zero-order chi connectivity index (χ0) is 22.1. The number of carbonyl (C=O) groups excluding carboxylic acids is 3. The van der Waals surface area contributed by atoms with Gasteiger partial charge in [-0.05, 0) is 42.0 Å². The second-order valence-electron chi connectivity index (χ2n) is 8.30. The van der Waals surface area contributed by atoms with Gasteiger partial charge in [-0.25, -0.2) is 9.80 Å². The first-order chi connectivity index (χ1) is 15.6. The Morgan fingerprint density at radius 3 is 2.47 bits per heavy atom. The van der Waals surface area contributed by atoms with Crippen LogP contribution in [0.5, 0.6) is 0 Å². The van der Waals surface area contributed by atoms with Crippen molar-refractivity contribution >= 4 is 29.6 Å². The molecule has 1 saturated carbocycles. The van der Waals surface area contributed by atoms with Crippen LogP contribution in [0, 0.1) is 5.92 Å². The van der Waals surface area contributed by atoms with Gasteiger partial charge in [0.1, 0.15) is 6.54 Å². The van der Waals surface area contributed by atoms with E-state index >= 15 is 0 Å². The molecule has 162 valence electrons. The summed E-state index contributed by atoms with van der Waals surface area (Å²) in [6.45, 7) is -0.384. The van der Waals surface area contributed by atoms with Crippen molar-refractivity contribution in [1.82, 2.24) is 15.2 Å². The van der Waals surface area contributed by atoms with E-state index in [4.69, 9.17) is 5.10 Å². The van der Waals surface area contributed by atoms with Crippen LogP contribution in [-0.4, -0.2) is 46.6 Å². The first kappa shape index (κ1) is 20.2. The monoisotopic (exact) mass is 428 g/mol. The lowest BCUT2D eigenvalue weighted by molar-refractivity contribution is -0.138. The van der Waals surface area contributed by atoms with Crippen LogP contribution in [0.15, 0.2) is 71.3 Å². The summed E-state index contributed by atoms with van der Waals surface area (Å²) in [7, 11) is 0. The highest BCUT2D eigenvalue weighted by atomic mass is 16.2. The summed E-state index contributed by atoms with van der Waals surface area (Å²) in [6.07, 6.45) is 5.00. The molecule has 32 heavy (non-hydrogen) atoms. The maximum Gasteiger partial charge on any atom is 0.325 e. The van der Waals surface area contributed by atoms with Crippen molar-refractivity contribution in [1.29, 1.82) is 0 Å². The average molecular weight is 428 g/mol. The van der Waals surface area contributed by atoms with Crippen LogP contribution in [0.25, 0.3) is 6.08 Å². The zero-order valence-electron chi connectivity index (χ0n) is 17.6. The number of allylic oxidation sites excluding steroid dienone is 1. The van der Waals surface area contributed by atoms with Crippen molar-refractivity contribution < 1.29 is 14.4 Å². The van der Waals surface area contributed by atoms with Crippen LogP contribution in [0.2, 0.25) is 0 Å². The SMILES string of the molecule is O=C1CNC(=O)N1CC(=O)N1N=C2/C(=C/c3ccccc3)CCCC2C1c1ccccc1. The molecule has 2 heterocycles. The smallest absolute Gasteiger partial charge is 0.325 e. The minimum atomic E-state index is -0.534. The van der Waals surface area contributed by atoms with E-state index in [-0.39, 0.29) is 31.0 Å². The van der Waals surface area contributed by atoms with Crippen molar-refractivity contribution in [2.24, 2.45) is 11.0 Å². The second kappa shape index (κ2) is 8.42. The van der Waals surface area contributed by atoms with Crippen molar-refractivity contribution in [2.45, 2.75) is 25.3 Å². The third kappa shape index (κ3) is 3.70. The summed E-state index contributed by atoms with van der Waals surface area (Å²) in [6, 6.07) is 19.2. The summed E-state index contributed by atoms with van der Waals surface area (Å²) >= 11 is 0. The predicted octanol–water partition coefficient (Wildman–Crippen LogP) is 3.36. The van der Waals surface area contributed by atoms with E-state index < -0.39 is 11.9 Å². The first-order valence-corrected chi connectivity index (χ1v) is 10.9. The maximum absolute atomic E-state index is 13.3. The number of hydrazone groups is 1. The molecule has 1 N–H and O–H groups in total. The predicted molar refractivity (Wildman–Crippen MR) is 120 cm³/mol. The Balaban J connectivity index is 1.50. The zero-order valence-corrected chi connectivity index (χ0v) is 17.6. The minimum Gasteiger partial charge on any atom is -0.329 e. The Morgan fingerprint density at radius 2 is 1.78 bits per heavy atom. The molecule has 0 aromatic heterocycles. The Morgan fingerprint density at radius 1 is 1.06 bits per heavy atom. The Hall–Kier alpha value is -3.74. The van der Waals surface area contributed by atoms with Gasteiger partial charge in [-0.15, -0.1) is 0 Å². The lowest BCUT2D eigenvalue weighted by atomic mass is 9.77. The molecule has 0 bridgehead atoms. The molecular formula is C25H24N4O3. The minimum absolute atomic E-state index is 0.0741. The number of urea groups is 1. The number of benzene rings is 2. The highest BCUT2D eigenvalue weighted by Crippen LogP contribution is 2.44. The number of amides is 4. The number of fused-ring (bicyclic) bond motifs is 1. The molecule has 2 aromatic rings. The molecule has 5 rings (SSSR count). The summed E-state index contributed by atoms with van der Waals surface area (Å²) in [5, 5.41) is 8.76. The van der Waals surface area contributed by atoms with Crippen LogP contribution >= 0.6 is 0 Å². The standard InChI is InChI=1S/C25H24N4O3/c30-21-15-26-25(32)28(21)16-22(31)29-24(18-10-5-2-6-11-18)20-13-7-12-19(23(20)27-29)14-17-8-3-1-4-9-17/h1-6,8-11,14,20,24H,7,12-13,15-16H2,(H,26,32)/b19-14+. The molecular weight excluding hydrogens is 404 g/mol. The van der Waals surface area contributed by atoms with Gasteiger partial charge in [-0.3, -0.25) is 14.5 Å². The Labute approximate surface area is 186 Å². The number of imide groups is 1. The molecule has 2 aromatic carbocycles. The summed E-state index contributed by atoms with van der Waals surface area (Å²) < 4.78 is 0. The molecule has 7 heteroatoms. The largest absolute Gasteiger partial charge is 0.329 e. The van der Waals surface area contributed by atoms with Crippen LogP contribution in [0.4, 0.5) is 4.79 Å². The fourth-order valence-corrected chi connectivity index (χ4v) is 4.76. The molecule has 4 amide bonds. The maximum atomic E-state index is 13.3.